The van der Waals surface area contributed by atoms with Gasteiger partial charge in [0, 0.05) is 42.3 Å². The molecule has 1 aliphatic rings. The van der Waals surface area contributed by atoms with Gasteiger partial charge in [0.25, 0.3) is 0 Å². The molecule has 0 aliphatic carbocycles. The van der Waals surface area contributed by atoms with Crippen LogP contribution < -0.4 is 16.0 Å². The van der Waals surface area contributed by atoms with Crippen LogP contribution in [0.25, 0.3) is 0 Å². The topological polar surface area (TPSA) is 58.4 Å². The minimum atomic E-state index is 0.0927. The fourth-order valence-corrected chi connectivity index (χ4v) is 2.86. The molecule has 1 fully saturated rings. The fourth-order valence-electron chi connectivity index (χ4n) is 2.59. The highest BCUT2D eigenvalue weighted by atomic mass is 79.9. The van der Waals surface area contributed by atoms with E-state index in [9.17, 15) is 4.79 Å². The van der Waals surface area contributed by atoms with Crippen LogP contribution in [-0.4, -0.2) is 31.6 Å². The Kier molecular flexibility index (Phi) is 6.06. The normalized spacial score (nSPS) is 19.6. The van der Waals surface area contributed by atoms with Crippen molar-refractivity contribution in [2.75, 3.05) is 24.5 Å². The van der Waals surface area contributed by atoms with E-state index in [1.54, 1.807) is 0 Å². The van der Waals surface area contributed by atoms with Gasteiger partial charge in [0.1, 0.15) is 0 Å². The SMILES string of the molecule is CC(N)CCC(=O)NCC1CCN(c2ccc(Br)cc2)C1. The van der Waals surface area contributed by atoms with E-state index in [-0.39, 0.29) is 11.9 Å². The van der Waals surface area contributed by atoms with Gasteiger partial charge in [0.05, 0.1) is 0 Å². The number of nitrogens with two attached hydrogens (primary N) is 1. The van der Waals surface area contributed by atoms with E-state index in [1.807, 2.05) is 6.92 Å². The largest absolute Gasteiger partial charge is 0.371 e. The maximum Gasteiger partial charge on any atom is 0.220 e. The first-order chi connectivity index (χ1) is 10.0. The molecule has 0 spiro atoms. The molecule has 0 radical (unpaired) electrons. The van der Waals surface area contributed by atoms with Crippen LogP contribution in [0.2, 0.25) is 0 Å². The fraction of sp³-hybridized carbons (Fsp3) is 0.562. The molecule has 0 saturated carbocycles. The van der Waals surface area contributed by atoms with Crippen molar-refractivity contribution in [1.82, 2.24) is 5.32 Å². The molecule has 2 atom stereocenters. The minimum Gasteiger partial charge on any atom is -0.371 e. The molecule has 5 heteroatoms. The predicted molar refractivity (Wildman–Crippen MR) is 90.4 cm³/mol. The summed E-state index contributed by atoms with van der Waals surface area (Å²) in [6, 6.07) is 8.49. The Hall–Kier alpha value is -1.07. The third-order valence-electron chi connectivity index (χ3n) is 3.89. The molecule has 21 heavy (non-hydrogen) atoms. The van der Waals surface area contributed by atoms with Gasteiger partial charge in [-0.2, -0.15) is 0 Å². The number of carbonyl (C=O) groups is 1. The third kappa shape index (κ3) is 5.32. The van der Waals surface area contributed by atoms with Gasteiger partial charge in [-0.15, -0.1) is 0 Å². The molecule has 1 amide bonds. The number of anilines is 1. The van der Waals surface area contributed by atoms with Crippen LogP contribution in [0, 0.1) is 5.92 Å². The van der Waals surface area contributed by atoms with Gasteiger partial charge >= 0.3 is 0 Å². The lowest BCUT2D eigenvalue weighted by Gasteiger charge is -2.19. The number of carbonyl (C=O) groups excluding carboxylic acids is 1. The van der Waals surface area contributed by atoms with Crippen molar-refractivity contribution in [1.29, 1.82) is 0 Å². The van der Waals surface area contributed by atoms with Crippen LogP contribution in [0.1, 0.15) is 26.2 Å². The second-order valence-corrected chi connectivity index (χ2v) is 6.81. The molecular formula is C16H24BrN3O. The van der Waals surface area contributed by atoms with E-state index in [4.69, 9.17) is 5.73 Å². The van der Waals surface area contributed by atoms with Gasteiger partial charge in [-0.25, -0.2) is 0 Å². The maximum absolute atomic E-state index is 11.7. The Morgan fingerprint density at radius 1 is 1.48 bits per heavy atom. The lowest BCUT2D eigenvalue weighted by Crippen LogP contribution is -2.31. The van der Waals surface area contributed by atoms with Crippen LogP contribution in [-0.2, 0) is 4.79 Å². The summed E-state index contributed by atoms with van der Waals surface area (Å²) in [7, 11) is 0. The Labute approximate surface area is 135 Å². The average molecular weight is 354 g/mol. The van der Waals surface area contributed by atoms with E-state index in [1.165, 1.54) is 5.69 Å². The summed E-state index contributed by atoms with van der Waals surface area (Å²) in [5.74, 6) is 0.655. The molecule has 0 aromatic heterocycles. The second-order valence-electron chi connectivity index (χ2n) is 5.90. The molecule has 1 aliphatic heterocycles. The number of benzene rings is 1. The summed E-state index contributed by atoms with van der Waals surface area (Å²) in [4.78, 5) is 14.1. The van der Waals surface area contributed by atoms with Crippen molar-refractivity contribution < 1.29 is 4.79 Å². The lowest BCUT2D eigenvalue weighted by molar-refractivity contribution is -0.121. The number of nitrogens with zero attached hydrogens (tertiary/aromatic N) is 1. The molecule has 2 unspecified atom stereocenters. The standard InChI is InChI=1S/C16H24BrN3O/c1-12(18)2-7-16(21)19-10-13-8-9-20(11-13)15-5-3-14(17)4-6-15/h3-6,12-13H,2,7-11,18H2,1H3,(H,19,21). The highest BCUT2D eigenvalue weighted by Crippen LogP contribution is 2.24. The molecule has 116 valence electrons. The summed E-state index contributed by atoms with van der Waals surface area (Å²) in [5.41, 5.74) is 6.92. The van der Waals surface area contributed by atoms with Crippen molar-refractivity contribution in [2.45, 2.75) is 32.2 Å². The van der Waals surface area contributed by atoms with Crippen molar-refractivity contribution in [3.63, 3.8) is 0 Å². The Morgan fingerprint density at radius 3 is 2.86 bits per heavy atom. The van der Waals surface area contributed by atoms with Gasteiger partial charge < -0.3 is 16.0 Å². The summed E-state index contributed by atoms with van der Waals surface area (Å²) in [6.07, 6.45) is 2.41. The average Bonchev–Trinajstić information content (AvgIpc) is 2.92. The number of hydrogen-bond acceptors (Lipinski definition) is 3. The first kappa shape index (κ1) is 16.3. The van der Waals surface area contributed by atoms with Gasteiger partial charge in [-0.1, -0.05) is 15.9 Å². The smallest absolute Gasteiger partial charge is 0.220 e. The quantitative estimate of drug-likeness (QED) is 0.825. The van der Waals surface area contributed by atoms with Crippen LogP contribution in [0.3, 0.4) is 0 Å². The summed E-state index contributed by atoms with van der Waals surface area (Å²) >= 11 is 3.46. The molecule has 3 N–H and O–H groups in total. The van der Waals surface area contributed by atoms with Crippen molar-refractivity contribution >= 4 is 27.5 Å². The molecule has 0 bridgehead atoms. The minimum absolute atomic E-state index is 0.0927. The van der Waals surface area contributed by atoms with Gasteiger partial charge in [-0.3, -0.25) is 4.79 Å². The molecule has 1 saturated heterocycles. The number of nitrogens with one attached hydrogen (secondary N) is 1. The van der Waals surface area contributed by atoms with Crippen LogP contribution >= 0.6 is 15.9 Å². The van der Waals surface area contributed by atoms with Crippen LogP contribution in [0.4, 0.5) is 5.69 Å². The summed E-state index contributed by atoms with van der Waals surface area (Å²) in [5, 5.41) is 3.03. The van der Waals surface area contributed by atoms with Crippen molar-refractivity contribution in [2.24, 2.45) is 11.7 Å². The maximum atomic E-state index is 11.7. The molecule has 1 aromatic carbocycles. The molecule has 2 rings (SSSR count). The van der Waals surface area contributed by atoms with Crippen molar-refractivity contribution in [3.8, 4) is 0 Å². The highest BCUT2D eigenvalue weighted by Gasteiger charge is 2.22. The van der Waals surface area contributed by atoms with Crippen LogP contribution in [0.5, 0.6) is 0 Å². The zero-order valence-corrected chi connectivity index (χ0v) is 14.1. The van der Waals surface area contributed by atoms with E-state index < -0.39 is 0 Å². The number of hydrogen-bond donors (Lipinski definition) is 2. The number of rotatable bonds is 6. The third-order valence-corrected chi connectivity index (χ3v) is 4.42. The van der Waals surface area contributed by atoms with E-state index in [0.29, 0.717) is 12.3 Å². The zero-order valence-electron chi connectivity index (χ0n) is 12.5. The van der Waals surface area contributed by atoms with Gasteiger partial charge in [0.15, 0.2) is 0 Å². The van der Waals surface area contributed by atoms with E-state index in [0.717, 1.165) is 36.9 Å². The first-order valence-corrected chi connectivity index (χ1v) is 8.36. The van der Waals surface area contributed by atoms with Gasteiger partial charge in [-0.05, 0) is 49.9 Å². The summed E-state index contributed by atoms with van der Waals surface area (Å²) < 4.78 is 1.10. The molecule has 1 aromatic rings. The van der Waals surface area contributed by atoms with Crippen molar-refractivity contribution in [3.05, 3.63) is 28.7 Å². The molecule has 1 heterocycles. The van der Waals surface area contributed by atoms with Crippen LogP contribution in [0.15, 0.2) is 28.7 Å². The summed E-state index contributed by atoms with van der Waals surface area (Å²) in [6.45, 7) is 4.77. The molecular weight excluding hydrogens is 330 g/mol. The Balaban J connectivity index is 1.73. The first-order valence-electron chi connectivity index (χ1n) is 7.57. The second kappa shape index (κ2) is 7.80. The zero-order chi connectivity index (χ0) is 15.2. The Morgan fingerprint density at radius 2 is 2.19 bits per heavy atom. The number of amides is 1. The van der Waals surface area contributed by atoms with E-state index in [2.05, 4.69) is 50.4 Å². The Bertz CT molecular complexity index is 461. The monoisotopic (exact) mass is 353 g/mol. The van der Waals surface area contributed by atoms with Gasteiger partial charge in [0.2, 0.25) is 5.91 Å². The van der Waals surface area contributed by atoms with E-state index >= 15 is 0 Å². The predicted octanol–water partition coefficient (Wildman–Crippen LogP) is 2.52. The highest BCUT2D eigenvalue weighted by molar-refractivity contribution is 9.10. The molecule has 4 nitrogen and oxygen atoms in total. The lowest BCUT2D eigenvalue weighted by atomic mass is 10.1. The number of halogens is 1.